The van der Waals surface area contributed by atoms with Gasteiger partial charge in [-0.3, -0.25) is 14.4 Å². The number of benzene rings is 3. The molecule has 2 amide bonds. The molecule has 3 aromatic rings. The van der Waals surface area contributed by atoms with Crippen molar-refractivity contribution in [3.63, 3.8) is 0 Å². The van der Waals surface area contributed by atoms with Crippen molar-refractivity contribution in [3.8, 4) is 5.75 Å². The molecule has 0 heterocycles. The lowest BCUT2D eigenvalue weighted by molar-refractivity contribution is -0.124. The van der Waals surface area contributed by atoms with Gasteiger partial charge in [-0.2, -0.15) is 0 Å². The van der Waals surface area contributed by atoms with E-state index in [-0.39, 0.29) is 30.1 Å². The van der Waals surface area contributed by atoms with Crippen molar-refractivity contribution < 1.29 is 19.1 Å². The first kappa shape index (κ1) is 27.0. The number of rotatable bonds is 11. The second-order valence-corrected chi connectivity index (χ2v) is 9.23. The fourth-order valence-corrected chi connectivity index (χ4v) is 4.01. The van der Waals surface area contributed by atoms with Gasteiger partial charge in [0, 0.05) is 37.1 Å². The number of hydrogen-bond donors (Lipinski definition) is 2. The molecule has 1 atom stereocenters. The molecule has 1 unspecified atom stereocenters. The molecule has 3 aromatic carbocycles. The zero-order valence-corrected chi connectivity index (χ0v) is 21.5. The van der Waals surface area contributed by atoms with E-state index in [1.807, 2.05) is 56.3 Å². The van der Waals surface area contributed by atoms with E-state index in [2.05, 4.69) is 10.6 Å². The summed E-state index contributed by atoms with van der Waals surface area (Å²) in [5.74, 6) is -0.632. The molecule has 6 nitrogen and oxygen atoms in total. The summed E-state index contributed by atoms with van der Waals surface area (Å²) >= 11 is 6.28. The Morgan fingerprint density at radius 2 is 1.56 bits per heavy atom. The largest absolute Gasteiger partial charge is 0.489 e. The van der Waals surface area contributed by atoms with Crippen LogP contribution in [0.5, 0.6) is 5.75 Å². The molecule has 7 heteroatoms. The molecular formula is C29H31ClN2O4. The van der Waals surface area contributed by atoms with Gasteiger partial charge in [-0.25, -0.2) is 0 Å². The molecular weight excluding hydrogens is 476 g/mol. The Morgan fingerprint density at radius 1 is 0.889 bits per heavy atom. The van der Waals surface area contributed by atoms with Crippen molar-refractivity contribution in [3.05, 3.63) is 100 Å². The van der Waals surface area contributed by atoms with Gasteiger partial charge in [-0.1, -0.05) is 54.1 Å². The van der Waals surface area contributed by atoms with E-state index in [1.165, 1.54) is 0 Å². The summed E-state index contributed by atoms with van der Waals surface area (Å²) in [6.45, 7) is 4.23. The summed E-state index contributed by atoms with van der Waals surface area (Å²) in [6.07, 6.45) is 0.349. The quantitative estimate of drug-likeness (QED) is 0.348. The first-order valence-electron chi connectivity index (χ1n) is 11.9. The number of ether oxygens (including phenoxy) is 1. The lowest BCUT2D eigenvalue weighted by Gasteiger charge is -2.16. The third kappa shape index (κ3) is 7.68. The number of nitrogens with one attached hydrogen (secondary N) is 2. The molecule has 3 rings (SSSR count). The Kier molecular flexibility index (Phi) is 9.65. The Balaban J connectivity index is 1.64. The van der Waals surface area contributed by atoms with Gasteiger partial charge in [0.15, 0.2) is 5.78 Å². The standard InChI is InChI=1S/C29H31ClN2O4/c1-19(2)36-27-14-13-23(16-25(27)30)26(33)17-24(28(34)31-3)15-20-9-11-22(12-10-20)29(35)32-18-21-7-5-4-6-8-21/h4-14,16,19,24H,15,17-18H2,1-3H3,(H,31,34)(H,32,35). The molecule has 0 aliphatic rings. The van der Waals surface area contributed by atoms with E-state index in [9.17, 15) is 14.4 Å². The van der Waals surface area contributed by atoms with E-state index in [0.29, 0.717) is 34.9 Å². The molecule has 36 heavy (non-hydrogen) atoms. The molecule has 0 radical (unpaired) electrons. The minimum Gasteiger partial charge on any atom is -0.489 e. The van der Waals surface area contributed by atoms with Gasteiger partial charge in [0.25, 0.3) is 5.91 Å². The van der Waals surface area contributed by atoms with Crippen LogP contribution in [0.3, 0.4) is 0 Å². The zero-order valence-electron chi connectivity index (χ0n) is 20.7. The molecule has 0 aromatic heterocycles. The van der Waals surface area contributed by atoms with Crippen LogP contribution in [0.15, 0.2) is 72.8 Å². The van der Waals surface area contributed by atoms with Crippen molar-refractivity contribution in [1.82, 2.24) is 10.6 Å². The third-order valence-corrected chi connectivity index (χ3v) is 5.96. The van der Waals surface area contributed by atoms with Gasteiger partial charge < -0.3 is 15.4 Å². The van der Waals surface area contributed by atoms with Crippen LogP contribution in [-0.4, -0.2) is 30.7 Å². The van der Waals surface area contributed by atoms with Crippen LogP contribution >= 0.6 is 11.6 Å². The van der Waals surface area contributed by atoms with Crippen molar-refractivity contribution in [2.75, 3.05) is 7.05 Å². The predicted octanol–water partition coefficient (Wildman–Crippen LogP) is 5.23. The van der Waals surface area contributed by atoms with Crippen LogP contribution in [-0.2, 0) is 17.8 Å². The number of amides is 2. The van der Waals surface area contributed by atoms with Crippen LogP contribution in [0.2, 0.25) is 5.02 Å². The molecule has 0 fully saturated rings. The fourth-order valence-electron chi connectivity index (χ4n) is 3.78. The number of carbonyl (C=O) groups is 3. The maximum Gasteiger partial charge on any atom is 0.251 e. The van der Waals surface area contributed by atoms with Crippen LogP contribution in [0.1, 0.15) is 52.1 Å². The molecule has 0 spiro atoms. The van der Waals surface area contributed by atoms with Gasteiger partial charge in [-0.05, 0) is 61.7 Å². The lowest BCUT2D eigenvalue weighted by Crippen LogP contribution is -2.30. The normalized spacial score (nSPS) is 11.6. The molecule has 0 bridgehead atoms. The smallest absolute Gasteiger partial charge is 0.251 e. The summed E-state index contributed by atoms with van der Waals surface area (Å²) in [7, 11) is 1.55. The molecule has 0 saturated carbocycles. The number of Topliss-reactive ketones (excluding diaryl/α,β-unsaturated/α-hetero) is 1. The molecule has 0 aliphatic heterocycles. The number of halogens is 1. The monoisotopic (exact) mass is 506 g/mol. The SMILES string of the molecule is CNC(=O)C(CC(=O)c1ccc(OC(C)C)c(Cl)c1)Cc1ccc(C(=O)NCc2ccccc2)cc1. The first-order valence-corrected chi connectivity index (χ1v) is 12.3. The Hall–Kier alpha value is -3.64. The Morgan fingerprint density at radius 3 is 2.17 bits per heavy atom. The number of carbonyl (C=O) groups excluding carboxylic acids is 3. The van der Waals surface area contributed by atoms with E-state index < -0.39 is 5.92 Å². The second kappa shape index (κ2) is 12.9. The zero-order chi connectivity index (χ0) is 26.1. The van der Waals surface area contributed by atoms with E-state index in [4.69, 9.17) is 16.3 Å². The fraction of sp³-hybridized carbons (Fsp3) is 0.276. The van der Waals surface area contributed by atoms with Gasteiger partial charge in [0.2, 0.25) is 5.91 Å². The minimum atomic E-state index is -0.564. The Bertz CT molecular complexity index is 1190. The average molecular weight is 507 g/mol. The van der Waals surface area contributed by atoms with Gasteiger partial charge in [-0.15, -0.1) is 0 Å². The average Bonchev–Trinajstić information content (AvgIpc) is 2.88. The predicted molar refractivity (Wildman–Crippen MR) is 141 cm³/mol. The van der Waals surface area contributed by atoms with Crippen molar-refractivity contribution in [1.29, 1.82) is 0 Å². The minimum absolute atomic E-state index is 0.0275. The van der Waals surface area contributed by atoms with Crippen molar-refractivity contribution >= 4 is 29.2 Å². The summed E-state index contributed by atoms with van der Waals surface area (Å²) in [5.41, 5.74) is 2.83. The highest BCUT2D eigenvalue weighted by atomic mass is 35.5. The highest BCUT2D eigenvalue weighted by Crippen LogP contribution is 2.28. The highest BCUT2D eigenvalue weighted by Gasteiger charge is 2.23. The maximum atomic E-state index is 13.0. The van der Waals surface area contributed by atoms with Crippen LogP contribution in [0.4, 0.5) is 0 Å². The summed E-state index contributed by atoms with van der Waals surface area (Å²) < 4.78 is 5.62. The van der Waals surface area contributed by atoms with Crippen molar-refractivity contribution in [2.24, 2.45) is 5.92 Å². The second-order valence-electron chi connectivity index (χ2n) is 8.82. The molecule has 2 N–H and O–H groups in total. The summed E-state index contributed by atoms with van der Waals surface area (Å²) in [5, 5.41) is 5.90. The third-order valence-electron chi connectivity index (χ3n) is 5.66. The van der Waals surface area contributed by atoms with Gasteiger partial charge >= 0.3 is 0 Å². The van der Waals surface area contributed by atoms with E-state index in [1.54, 1.807) is 37.4 Å². The summed E-state index contributed by atoms with van der Waals surface area (Å²) in [6, 6.07) is 21.7. The maximum absolute atomic E-state index is 13.0. The van der Waals surface area contributed by atoms with Crippen LogP contribution < -0.4 is 15.4 Å². The lowest BCUT2D eigenvalue weighted by atomic mass is 9.91. The van der Waals surface area contributed by atoms with Crippen LogP contribution in [0, 0.1) is 5.92 Å². The summed E-state index contributed by atoms with van der Waals surface area (Å²) in [4.78, 5) is 38.0. The highest BCUT2D eigenvalue weighted by molar-refractivity contribution is 6.32. The van der Waals surface area contributed by atoms with Gasteiger partial charge in [0.1, 0.15) is 5.75 Å². The molecule has 188 valence electrons. The number of ketones is 1. The molecule has 0 aliphatic carbocycles. The first-order chi connectivity index (χ1) is 17.3. The van der Waals surface area contributed by atoms with Crippen molar-refractivity contribution in [2.45, 2.75) is 39.3 Å². The van der Waals surface area contributed by atoms with Gasteiger partial charge in [0.05, 0.1) is 11.1 Å². The van der Waals surface area contributed by atoms with Crippen LogP contribution in [0.25, 0.3) is 0 Å². The number of hydrogen-bond acceptors (Lipinski definition) is 4. The van der Waals surface area contributed by atoms with E-state index >= 15 is 0 Å². The van der Waals surface area contributed by atoms with E-state index in [0.717, 1.165) is 11.1 Å². The molecule has 0 saturated heterocycles. The Labute approximate surface area is 217 Å². The topological polar surface area (TPSA) is 84.5 Å².